The van der Waals surface area contributed by atoms with Gasteiger partial charge in [0.25, 0.3) is 0 Å². The summed E-state index contributed by atoms with van der Waals surface area (Å²) in [5.74, 6) is 0.0813. The first-order valence-electron chi connectivity index (χ1n) is 10.2. The van der Waals surface area contributed by atoms with E-state index in [0.29, 0.717) is 27.8 Å². The van der Waals surface area contributed by atoms with Crippen LogP contribution in [0.15, 0.2) is 57.8 Å². The molecule has 0 aliphatic rings. The topological polar surface area (TPSA) is 94.1 Å². The minimum atomic E-state index is -1.98. The van der Waals surface area contributed by atoms with Gasteiger partial charge in [-0.15, -0.1) is 0 Å². The molecule has 2 aromatic rings. The van der Waals surface area contributed by atoms with Crippen LogP contribution in [0, 0.1) is 5.92 Å². The average molecular weight is 480 g/mol. The molecule has 2 rings (SSSR count). The molecule has 0 aliphatic heterocycles. The summed E-state index contributed by atoms with van der Waals surface area (Å²) in [6.07, 6.45) is -0.116. The number of halogens is 1. The molecule has 2 atom stereocenters. The second-order valence-electron chi connectivity index (χ2n) is 8.22. The van der Waals surface area contributed by atoms with Crippen LogP contribution in [0.4, 0.5) is 4.79 Å². The zero-order chi connectivity index (χ0) is 23.9. The summed E-state index contributed by atoms with van der Waals surface area (Å²) in [4.78, 5) is 25.2. The van der Waals surface area contributed by atoms with Crippen LogP contribution in [0.1, 0.15) is 41.0 Å². The molecule has 0 radical (unpaired) electrons. The van der Waals surface area contributed by atoms with Gasteiger partial charge in [0.05, 0.1) is 0 Å². The molecule has 2 aromatic carbocycles. The van der Waals surface area contributed by atoms with Gasteiger partial charge in [-0.2, -0.15) is 10.6 Å². The van der Waals surface area contributed by atoms with Crippen molar-refractivity contribution < 1.29 is 23.3 Å². The molecule has 0 aliphatic carbocycles. The smallest absolute Gasteiger partial charge is 0.408 e. The molecule has 0 bridgehead atoms. The lowest BCUT2D eigenvalue weighted by Crippen LogP contribution is -2.46. The van der Waals surface area contributed by atoms with Gasteiger partial charge in [0.2, 0.25) is 5.91 Å². The fourth-order valence-electron chi connectivity index (χ4n) is 2.59. The molecular weight excluding hydrogens is 452 g/mol. The maximum absolute atomic E-state index is 12.8. The Bertz CT molecular complexity index is 1030. The van der Waals surface area contributed by atoms with Crippen LogP contribution in [0.2, 0.25) is 5.02 Å². The Labute approximate surface area is 195 Å². The first kappa shape index (κ1) is 25.7. The van der Waals surface area contributed by atoms with E-state index in [0.717, 1.165) is 0 Å². The van der Waals surface area contributed by atoms with Gasteiger partial charge in [-0.25, -0.2) is 4.79 Å². The van der Waals surface area contributed by atoms with Gasteiger partial charge in [0, 0.05) is 5.02 Å². The van der Waals surface area contributed by atoms with Crippen LogP contribution >= 0.6 is 11.6 Å². The molecule has 7 nitrogen and oxygen atoms in total. The van der Waals surface area contributed by atoms with Crippen LogP contribution < -0.4 is 10.1 Å². The van der Waals surface area contributed by atoms with E-state index in [1.165, 1.54) is 0 Å². The summed E-state index contributed by atoms with van der Waals surface area (Å²) in [5, 5.41) is 3.14. The van der Waals surface area contributed by atoms with Crippen LogP contribution in [0.25, 0.3) is 0 Å². The Morgan fingerprint density at radius 1 is 1.12 bits per heavy atom. The SMILES string of the molecule is CC[C@H](C)[C@H](NC(=O)OC(C)(C)C)C(=O)N=[S-](=O)c1cccc(Oc2ccc(Cl)cc2)c1. The third-order valence-corrected chi connectivity index (χ3v) is 5.64. The highest BCUT2D eigenvalue weighted by molar-refractivity contribution is 7.75. The number of nitrogens with one attached hydrogen (secondary N) is 1. The van der Waals surface area contributed by atoms with Gasteiger partial charge in [-0.05, 0) is 63.1 Å². The van der Waals surface area contributed by atoms with Crippen molar-refractivity contribution in [1.82, 2.24) is 5.32 Å². The molecule has 2 amide bonds. The molecule has 0 heterocycles. The fraction of sp³-hybridized carbons (Fsp3) is 0.391. The van der Waals surface area contributed by atoms with Gasteiger partial charge in [-0.1, -0.05) is 48.9 Å². The molecule has 0 saturated heterocycles. The van der Waals surface area contributed by atoms with Crippen molar-refractivity contribution >= 4 is 34.2 Å². The lowest BCUT2D eigenvalue weighted by molar-refractivity contribution is -0.120. The molecule has 32 heavy (non-hydrogen) atoms. The van der Waals surface area contributed by atoms with E-state index in [2.05, 4.69) is 9.68 Å². The van der Waals surface area contributed by atoms with E-state index in [1.807, 2.05) is 6.92 Å². The number of rotatable bonds is 7. The molecular formula is C23H28ClN2O5S-. The summed E-state index contributed by atoms with van der Waals surface area (Å²) < 4.78 is 27.5. The molecule has 0 aromatic heterocycles. The van der Waals surface area contributed by atoms with Gasteiger partial charge in [0.1, 0.15) is 23.1 Å². The van der Waals surface area contributed by atoms with Crippen LogP contribution in [-0.2, 0) is 24.3 Å². The van der Waals surface area contributed by atoms with Crippen molar-refractivity contribution in [1.29, 1.82) is 0 Å². The largest absolute Gasteiger partial charge is 0.457 e. The zero-order valence-electron chi connectivity index (χ0n) is 18.8. The van der Waals surface area contributed by atoms with Crippen molar-refractivity contribution in [2.75, 3.05) is 0 Å². The lowest BCUT2D eigenvalue weighted by atomic mass is 9.99. The number of carbonyl (C=O) groups is 2. The average Bonchev–Trinajstić information content (AvgIpc) is 2.72. The number of ether oxygens (including phenoxy) is 2. The molecule has 9 heteroatoms. The van der Waals surface area contributed by atoms with E-state index < -0.39 is 34.2 Å². The van der Waals surface area contributed by atoms with Crippen molar-refractivity contribution in [3.05, 3.63) is 53.6 Å². The van der Waals surface area contributed by atoms with Crippen molar-refractivity contribution in [2.24, 2.45) is 10.3 Å². The number of nitrogens with zero attached hydrogens (tertiary/aromatic N) is 1. The Kier molecular flexibility index (Phi) is 9.09. The van der Waals surface area contributed by atoms with Gasteiger partial charge in [-0.3, -0.25) is 4.79 Å². The highest BCUT2D eigenvalue weighted by Crippen LogP contribution is 2.24. The first-order chi connectivity index (χ1) is 15.0. The third kappa shape index (κ3) is 8.16. The number of hydrogen-bond donors (Lipinski definition) is 1. The minimum absolute atomic E-state index is 0.227. The molecule has 0 saturated carbocycles. The quantitative estimate of drug-likeness (QED) is 0.484. The van der Waals surface area contributed by atoms with Crippen LogP contribution in [0.3, 0.4) is 0 Å². The van der Waals surface area contributed by atoms with Gasteiger partial charge >= 0.3 is 6.09 Å². The molecule has 0 fully saturated rings. The summed E-state index contributed by atoms with van der Waals surface area (Å²) in [6, 6.07) is 12.3. The Balaban J connectivity index is 2.19. The third-order valence-electron chi connectivity index (χ3n) is 4.38. The summed E-state index contributed by atoms with van der Waals surface area (Å²) in [5.41, 5.74) is -0.711. The van der Waals surface area contributed by atoms with Crippen LogP contribution in [-0.4, -0.2) is 23.6 Å². The Morgan fingerprint density at radius 2 is 1.78 bits per heavy atom. The second-order valence-corrected chi connectivity index (χ2v) is 9.81. The molecule has 0 unspecified atom stereocenters. The summed E-state index contributed by atoms with van der Waals surface area (Å²) in [7, 11) is -1.98. The Hall–Kier alpha value is -2.58. The van der Waals surface area contributed by atoms with Crippen LogP contribution in [0.5, 0.6) is 11.5 Å². The highest BCUT2D eigenvalue weighted by Gasteiger charge is 2.27. The minimum Gasteiger partial charge on any atom is -0.457 e. The highest BCUT2D eigenvalue weighted by atomic mass is 35.5. The molecule has 1 N–H and O–H groups in total. The zero-order valence-corrected chi connectivity index (χ0v) is 20.3. The number of benzene rings is 2. The molecule has 0 spiro atoms. The van der Waals surface area contributed by atoms with E-state index in [9.17, 15) is 13.8 Å². The number of amides is 2. The Morgan fingerprint density at radius 3 is 2.38 bits per heavy atom. The van der Waals surface area contributed by atoms with Crippen molar-refractivity contribution in [2.45, 2.75) is 57.6 Å². The normalized spacial score (nSPS) is 14.3. The predicted octanol–water partition coefficient (Wildman–Crippen LogP) is 6.10. The predicted molar refractivity (Wildman–Crippen MR) is 124 cm³/mol. The van der Waals surface area contributed by atoms with Crippen molar-refractivity contribution in [3.63, 3.8) is 0 Å². The second kappa shape index (κ2) is 11.3. The fourth-order valence-corrected chi connectivity index (χ4v) is 3.51. The van der Waals surface area contributed by atoms with E-state index in [4.69, 9.17) is 21.1 Å². The number of carbonyl (C=O) groups excluding carboxylic acids is 2. The van der Waals surface area contributed by atoms with E-state index >= 15 is 0 Å². The van der Waals surface area contributed by atoms with Crippen molar-refractivity contribution in [3.8, 4) is 11.5 Å². The number of hydrogen-bond acceptors (Lipinski definition) is 6. The first-order valence-corrected chi connectivity index (χ1v) is 11.7. The number of alkyl carbamates (subject to hydrolysis) is 1. The lowest BCUT2D eigenvalue weighted by Gasteiger charge is -2.25. The molecule has 174 valence electrons. The maximum atomic E-state index is 12.8. The van der Waals surface area contributed by atoms with Gasteiger partial charge in [0.15, 0.2) is 0 Å². The summed E-state index contributed by atoms with van der Waals surface area (Å²) in [6.45, 7) is 8.87. The summed E-state index contributed by atoms with van der Waals surface area (Å²) >= 11 is 5.88. The maximum Gasteiger partial charge on any atom is 0.408 e. The van der Waals surface area contributed by atoms with Gasteiger partial charge < -0.3 is 23.4 Å². The van der Waals surface area contributed by atoms with E-state index in [1.54, 1.807) is 76.2 Å². The standard InChI is InChI=1S/C23H28ClN2O5S/c1-6-15(2)20(25-22(28)31-23(3,4)5)21(27)26-32(29)19-9-7-8-18(14-19)30-17-12-10-16(24)11-13-17/h7-15,20H,6H2,1-5H3,(H,25,28)/q-1/t15-,20-/m0/s1. The van der Waals surface area contributed by atoms with E-state index in [-0.39, 0.29) is 5.92 Å². The monoisotopic (exact) mass is 479 g/mol.